The monoisotopic (exact) mass is 217 g/mol. The summed E-state index contributed by atoms with van der Waals surface area (Å²) in [5, 5.41) is 18.2. The first-order chi connectivity index (χ1) is 7.60. The summed E-state index contributed by atoms with van der Waals surface area (Å²) in [6.07, 6.45) is 0.453. The summed E-state index contributed by atoms with van der Waals surface area (Å²) in [5.74, 6) is -0.999. The minimum atomic E-state index is -0.638. The van der Waals surface area contributed by atoms with Gasteiger partial charge in [0.2, 0.25) is 0 Å². The summed E-state index contributed by atoms with van der Waals surface area (Å²) in [6, 6.07) is 6.13. The number of hydrogen-bond donors (Lipinski definition) is 1. The zero-order valence-electron chi connectivity index (χ0n) is 8.86. The molecule has 0 aromatic heterocycles. The maximum atomic E-state index is 11.4. The second kappa shape index (κ2) is 4.99. The third-order valence-electron chi connectivity index (χ3n) is 2.02. The normalized spacial score (nSPS) is 9.25. The van der Waals surface area contributed by atoms with Crippen molar-refractivity contribution < 1.29 is 14.6 Å². The number of ether oxygens (including phenoxy) is 1. The number of para-hydroxylation sites is 1. The lowest BCUT2D eigenvalue weighted by molar-refractivity contribution is -0.130. The summed E-state index contributed by atoms with van der Waals surface area (Å²) >= 11 is 0. The maximum absolute atomic E-state index is 11.4. The molecular formula is C12H11NO3. The topological polar surface area (TPSA) is 70.3 Å². The molecule has 0 saturated carbocycles. The predicted octanol–water partition coefficient (Wildman–Crippen LogP) is 2.14. The number of nitrogens with zero attached hydrogens (tertiary/aromatic N) is 1. The molecule has 0 heterocycles. The van der Waals surface area contributed by atoms with Gasteiger partial charge in [-0.2, -0.15) is 5.26 Å². The lowest BCUT2D eigenvalue weighted by atomic mass is 10.2. The van der Waals surface area contributed by atoms with E-state index < -0.39 is 5.97 Å². The zero-order valence-corrected chi connectivity index (χ0v) is 8.86. The van der Waals surface area contributed by atoms with Crippen LogP contribution in [-0.4, -0.2) is 11.1 Å². The summed E-state index contributed by atoms with van der Waals surface area (Å²) in [6.45, 7) is 5.28. The number of hydrogen-bond acceptors (Lipinski definition) is 4. The number of nitriles is 1. The van der Waals surface area contributed by atoms with Gasteiger partial charge in [0.25, 0.3) is 0 Å². The van der Waals surface area contributed by atoms with Gasteiger partial charge < -0.3 is 9.84 Å². The Bertz CT molecular complexity index is 472. The van der Waals surface area contributed by atoms with E-state index in [4.69, 9.17) is 10.00 Å². The Hall–Kier alpha value is -2.28. The van der Waals surface area contributed by atoms with Crippen molar-refractivity contribution in [2.75, 3.05) is 0 Å². The molecule has 0 spiro atoms. The smallest absolute Gasteiger partial charge is 0.338 e. The van der Waals surface area contributed by atoms with Gasteiger partial charge in [0.15, 0.2) is 11.5 Å². The molecule has 1 aromatic carbocycles. The number of carbonyl (C=O) groups is 1. The van der Waals surface area contributed by atoms with Crippen molar-refractivity contribution in [3.05, 3.63) is 35.9 Å². The van der Waals surface area contributed by atoms with Crippen LogP contribution in [0.2, 0.25) is 0 Å². The van der Waals surface area contributed by atoms with Gasteiger partial charge in [-0.1, -0.05) is 19.6 Å². The summed E-state index contributed by atoms with van der Waals surface area (Å²) in [4.78, 5) is 11.4. The molecule has 4 nitrogen and oxygen atoms in total. The minimum absolute atomic E-state index is 0.109. The van der Waals surface area contributed by atoms with Gasteiger partial charge >= 0.3 is 5.97 Å². The first kappa shape index (κ1) is 11.8. The SMILES string of the molecule is C=C(CC)C(=O)Oc1c(O)cccc1C#N. The van der Waals surface area contributed by atoms with Crippen LogP contribution >= 0.6 is 0 Å². The Kier molecular flexibility index (Phi) is 3.67. The third-order valence-corrected chi connectivity index (χ3v) is 2.02. The second-order valence-electron chi connectivity index (χ2n) is 3.11. The molecule has 0 unspecified atom stereocenters. The molecule has 0 atom stereocenters. The Morgan fingerprint density at radius 1 is 1.62 bits per heavy atom. The van der Waals surface area contributed by atoms with Gasteiger partial charge in [0, 0.05) is 5.57 Å². The highest BCUT2D eigenvalue weighted by Crippen LogP contribution is 2.30. The largest absolute Gasteiger partial charge is 0.504 e. The summed E-state index contributed by atoms with van der Waals surface area (Å²) < 4.78 is 4.91. The first-order valence-electron chi connectivity index (χ1n) is 4.72. The first-order valence-corrected chi connectivity index (χ1v) is 4.72. The minimum Gasteiger partial charge on any atom is -0.504 e. The molecule has 1 N–H and O–H groups in total. The Labute approximate surface area is 93.4 Å². The molecule has 16 heavy (non-hydrogen) atoms. The molecule has 0 amide bonds. The number of rotatable bonds is 3. The zero-order chi connectivity index (χ0) is 12.1. The molecule has 0 saturated heterocycles. The molecule has 0 aliphatic rings. The average molecular weight is 217 g/mol. The molecule has 82 valence electrons. The van der Waals surface area contributed by atoms with Gasteiger partial charge in [-0.15, -0.1) is 0 Å². The molecule has 0 radical (unpaired) electrons. The van der Waals surface area contributed by atoms with Crippen LogP contribution in [0.4, 0.5) is 0 Å². The molecule has 4 heteroatoms. The van der Waals surface area contributed by atoms with Crippen LogP contribution in [0.1, 0.15) is 18.9 Å². The number of aromatic hydroxyl groups is 1. The average Bonchev–Trinajstić information content (AvgIpc) is 2.30. The van der Waals surface area contributed by atoms with Crippen molar-refractivity contribution in [2.24, 2.45) is 0 Å². The lowest BCUT2D eigenvalue weighted by Crippen LogP contribution is -2.10. The van der Waals surface area contributed by atoms with Crippen LogP contribution in [0, 0.1) is 11.3 Å². The standard InChI is InChI=1S/C12H11NO3/c1-3-8(2)12(15)16-11-9(7-13)5-4-6-10(11)14/h4-6,14H,2-3H2,1H3. The van der Waals surface area contributed by atoms with Gasteiger partial charge in [-0.3, -0.25) is 0 Å². The van der Waals surface area contributed by atoms with E-state index in [1.807, 2.05) is 6.07 Å². The van der Waals surface area contributed by atoms with Crippen molar-refractivity contribution in [3.8, 4) is 17.6 Å². The maximum Gasteiger partial charge on any atom is 0.338 e. The molecule has 0 bridgehead atoms. The van der Waals surface area contributed by atoms with Crippen LogP contribution in [0.15, 0.2) is 30.4 Å². The van der Waals surface area contributed by atoms with Gasteiger partial charge in [-0.05, 0) is 18.6 Å². The quantitative estimate of drug-likeness (QED) is 0.478. The van der Waals surface area contributed by atoms with E-state index in [0.29, 0.717) is 6.42 Å². The predicted molar refractivity (Wildman–Crippen MR) is 57.9 cm³/mol. The lowest BCUT2D eigenvalue weighted by Gasteiger charge is -2.07. The molecule has 0 aliphatic heterocycles. The second-order valence-corrected chi connectivity index (χ2v) is 3.11. The van der Waals surface area contributed by atoms with Crippen molar-refractivity contribution >= 4 is 5.97 Å². The number of esters is 1. The van der Waals surface area contributed by atoms with E-state index in [-0.39, 0.29) is 22.6 Å². The fraction of sp³-hybridized carbons (Fsp3) is 0.167. The highest BCUT2D eigenvalue weighted by Gasteiger charge is 2.14. The van der Waals surface area contributed by atoms with E-state index >= 15 is 0 Å². The molecule has 1 aromatic rings. The number of phenolic OH excluding ortho intramolecular Hbond substituents is 1. The van der Waals surface area contributed by atoms with Crippen molar-refractivity contribution in [1.29, 1.82) is 5.26 Å². The highest BCUT2D eigenvalue weighted by molar-refractivity contribution is 5.90. The Morgan fingerprint density at radius 3 is 2.88 bits per heavy atom. The van der Waals surface area contributed by atoms with E-state index in [9.17, 15) is 9.90 Å². The van der Waals surface area contributed by atoms with Gasteiger partial charge in [0.1, 0.15) is 6.07 Å². The fourth-order valence-corrected chi connectivity index (χ4v) is 1.03. The van der Waals surface area contributed by atoms with Crippen LogP contribution in [-0.2, 0) is 4.79 Å². The van der Waals surface area contributed by atoms with Crippen molar-refractivity contribution in [3.63, 3.8) is 0 Å². The van der Waals surface area contributed by atoms with Crippen LogP contribution in [0.3, 0.4) is 0 Å². The molecule has 0 fully saturated rings. The highest BCUT2D eigenvalue weighted by atomic mass is 16.5. The molecular weight excluding hydrogens is 206 g/mol. The van der Waals surface area contributed by atoms with Gasteiger partial charge in [-0.25, -0.2) is 4.79 Å². The summed E-state index contributed by atoms with van der Waals surface area (Å²) in [5.41, 5.74) is 0.393. The van der Waals surface area contributed by atoms with E-state index in [1.54, 1.807) is 6.92 Å². The van der Waals surface area contributed by atoms with Gasteiger partial charge in [0.05, 0.1) is 5.56 Å². The third kappa shape index (κ3) is 2.39. The summed E-state index contributed by atoms with van der Waals surface area (Å²) in [7, 11) is 0. The van der Waals surface area contributed by atoms with Crippen LogP contribution < -0.4 is 4.74 Å². The van der Waals surface area contributed by atoms with Crippen molar-refractivity contribution in [1.82, 2.24) is 0 Å². The van der Waals surface area contributed by atoms with Crippen LogP contribution in [0.25, 0.3) is 0 Å². The molecule has 1 rings (SSSR count). The van der Waals surface area contributed by atoms with E-state index in [2.05, 4.69) is 6.58 Å². The van der Waals surface area contributed by atoms with Crippen LogP contribution in [0.5, 0.6) is 11.5 Å². The number of benzene rings is 1. The fourth-order valence-electron chi connectivity index (χ4n) is 1.03. The van der Waals surface area contributed by atoms with Crippen molar-refractivity contribution in [2.45, 2.75) is 13.3 Å². The number of carbonyl (C=O) groups excluding carboxylic acids is 1. The van der Waals surface area contributed by atoms with E-state index in [1.165, 1.54) is 18.2 Å². The Balaban J connectivity index is 3.02. The molecule has 0 aliphatic carbocycles. The van der Waals surface area contributed by atoms with E-state index in [0.717, 1.165) is 0 Å². The number of phenols is 1. The Morgan fingerprint density at radius 2 is 2.31 bits per heavy atom.